The van der Waals surface area contributed by atoms with Crippen LogP contribution in [0.25, 0.3) is 0 Å². The third kappa shape index (κ3) is 4.84. The normalized spacial score (nSPS) is 8.70. The second kappa shape index (κ2) is 4.76. The predicted octanol–water partition coefficient (Wildman–Crippen LogP) is 1.87. The number of hydrogen-bond acceptors (Lipinski definition) is 4. The van der Waals surface area contributed by atoms with E-state index in [4.69, 9.17) is 11.6 Å². The molecule has 0 heterocycles. The maximum atomic E-state index is 10.5. The summed E-state index contributed by atoms with van der Waals surface area (Å²) in [7, 11) is 0. The Labute approximate surface area is 75.1 Å². The lowest BCUT2D eigenvalue weighted by atomic mass is 10.7. The van der Waals surface area contributed by atoms with Crippen LogP contribution < -0.4 is 0 Å². The van der Waals surface area contributed by atoms with Gasteiger partial charge in [-0.15, -0.1) is 0 Å². The fourth-order valence-electron chi connectivity index (χ4n) is 0.198. The molecule has 0 aliphatic heterocycles. The molecule has 1 amide bonds. The van der Waals surface area contributed by atoms with Crippen molar-refractivity contribution in [1.29, 1.82) is 0 Å². The van der Waals surface area contributed by atoms with Gasteiger partial charge < -0.3 is 4.74 Å². The van der Waals surface area contributed by atoms with Crippen LogP contribution in [0.1, 0.15) is 0 Å². The molecule has 3 nitrogen and oxygen atoms in total. The van der Waals surface area contributed by atoms with Gasteiger partial charge in [-0.25, -0.2) is 4.79 Å². The summed E-state index contributed by atoms with van der Waals surface area (Å²) in [6.45, 7) is 3.28. The number of amides is 1. The van der Waals surface area contributed by atoms with Crippen molar-refractivity contribution in [2.45, 2.75) is 0 Å². The van der Waals surface area contributed by atoms with E-state index in [1.807, 2.05) is 0 Å². The van der Waals surface area contributed by atoms with E-state index in [0.29, 0.717) is 3.71 Å². The SMILES string of the molecule is C=C(Cl)COC(=O)N(S)S. The second-order valence-electron chi connectivity index (χ2n) is 1.36. The highest BCUT2D eigenvalue weighted by Gasteiger charge is 2.05. The van der Waals surface area contributed by atoms with E-state index in [-0.39, 0.29) is 11.6 Å². The van der Waals surface area contributed by atoms with Gasteiger partial charge in [-0.3, -0.25) is 0 Å². The average molecular weight is 200 g/mol. The van der Waals surface area contributed by atoms with Gasteiger partial charge in [0.25, 0.3) is 0 Å². The van der Waals surface area contributed by atoms with Crippen molar-refractivity contribution in [1.82, 2.24) is 3.71 Å². The lowest BCUT2D eigenvalue weighted by molar-refractivity contribution is 0.154. The molecule has 0 aliphatic rings. The topological polar surface area (TPSA) is 29.5 Å². The van der Waals surface area contributed by atoms with Crippen LogP contribution in [-0.2, 0) is 4.74 Å². The van der Waals surface area contributed by atoms with E-state index in [2.05, 4.69) is 36.9 Å². The van der Waals surface area contributed by atoms with Crippen LogP contribution in [0.5, 0.6) is 0 Å². The quantitative estimate of drug-likeness (QED) is 0.665. The number of halogens is 1. The first-order valence-corrected chi connectivity index (χ1v) is 3.39. The largest absolute Gasteiger partial charge is 0.442 e. The van der Waals surface area contributed by atoms with Gasteiger partial charge in [0.05, 0.1) is 0 Å². The molecular weight excluding hydrogens is 194 g/mol. The van der Waals surface area contributed by atoms with Crippen molar-refractivity contribution < 1.29 is 9.53 Å². The molecule has 0 spiro atoms. The highest BCUT2D eigenvalue weighted by Crippen LogP contribution is 2.03. The van der Waals surface area contributed by atoms with Crippen LogP contribution in [0.4, 0.5) is 4.79 Å². The Bertz CT molecular complexity index is 150. The Morgan fingerprint density at radius 3 is 2.50 bits per heavy atom. The standard InChI is InChI=1S/C4H6ClNO2S2/c1-3(5)2-8-4(7)6(9)10/h9-10H,1-2H2. The van der Waals surface area contributed by atoms with Gasteiger partial charge in [0, 0.05) is 5.03 Å². The molecule has 10 heavy (non-hydrogen) atoms. The van der Waals surface area contributed by atoms with Crippen LogP contribution in [0.2, 0.25) is 0 Å². The summed E-state index contributed by atoms with van der Waals surface area (Å²) in [5.74, 6) is 0. The zero-order chi connectivity index (χ0) is 8.15. The Morgan fingerprint density at radius 1 is 1.70 bits per heavy atom. The lowest BCUT2D eigenvalue weighted by Gasteiger charge is -2.06. The van der Waals surface area contributed by atoms with Crippen molar-refractivity contribution >= 4 is 43.3 Å². The molecule has 0 bridgehead atoms. The Hall–Kier alpha value is 0. The molecule has 0 aromatic rings. The average Bonchev–Trinajstić information content (AvgIpc) is 1.82. The fraction of sp³-hybridized carbons (Fsp3) is 0.250. The predicted molar refractivity (Wildman–Crippen MR) is 46.2 cm³/mol. The minimum Gasteiger partial charge on any atom is -0.442 e. The van der Waals surface area contributed by atoms with Crippen LogP contribution in [0.3, 0.4) is 0 Å². The zero-order valence-corrected chi connectivity index (χ0v) is 7.50. The highest BCUT2D eigenvalue weighted by atomic mass is 35.5. The first-order chi connectivity index (χ1) is 4.54. The molecule has 0 atom stereocenters. The van der Waals surface area contributed by atoms with Gasteiger partial charge in [-0.1, -0.05) is 18.2 Å². The number of thiol groups is 2. The van der Waals surface area contributed by atoms with E-state index < -0.39 is 6.09 Å². The van der Waals surface area contributed by atoms with Crippen molar-refractivity contribution in [3.63, 3.8) is 0 Å². The summed E-state index contributed by atoms with van der Waals surface area (Å²) in [4.78, 5) is 10.5. The molecule has 58 valence electrons. The molecule has 0 aromatic heterocycles. The molecule has 0 unspecified atom stereocenters. The van der Waals surface area contributed by atoms with Crippen LogP contribution in [-0.4, -0.2) is 16.4 Å². The monoisotopic (exact) mass is 199 g/mol. The summed E-state index contributed by atoms with van der Waals surface area (Å²) < 4.78 is 5.18. The van der Waals surface area contributed by atoms with E-state index in [0.717, 1.165) is 0 Å². The summed E-state index contributed by atoms with van der Waals surface area (Å²) in [5, 5.41) is 0.247. The van der Waals surface area contributed by atoms with E-state index in [1.165, 1.54) is 0 Å². The minimum atomic E-state index is -0.687. The summed E-state index contributed by atoms with van der Waals surface area (Å²) in [6, 6.07) is 0. The Kier molecular flexibility index (Phi) is 4.76. The van der Waals surface area contributed by atoms with Crippen LogP contribution in [0.15, 0.2) is 11.6 Å². The first kappa shape index (κ1) is 10.0. The lowest BCUT2D eigenvalue weighted by Crippen LogP contribution is -2.13. The smallest absolute Gasteiger partial charge is 0.430 e. The van der Waals surface area contributed by atoms with Gasteiger partial charge in [-0.2, -0.15) is 3.71 Å². The number of hydrogen-bond donors (Lipinski definition) is 2. The number of rotatable bonds is 2. The number of nitrogens with zero attached hydrogens (tertiary/aromatic N) is 1. The maximum Gasteiger partial charge on any atom is 0.430 e. The van der Waals surface area contributed by atoms with Crippen molar-refractivity contribution in [3.8, 4) is 0 Å². The van der Waals surface area contributed by atoms with Crippen molar-refractivity contribution in [2.24, 2.45) is 0 Å². The van der Waals surface area contributed by atoms with Gasteiger partial charge >= 0.3 is 6.09 Å². The molecule has 6 heteroatoms. The summed E-state index contributed by atoms with van der Waals surface area (Å²) >= 11 is 12.4. The molecule has 0 fully saturated rings. The highest BCUT2D eigenvalue weighted by molar-refractivity contribution is 7.94. The molecule has 0 saturated carbocycles. The first-order valence-electron chi connectivity index (χ1n) is 2.22. The molecule has 0 rings (SSSR count). The number of carbonyl (C=O) groups excluding carboxylic acids is 1. The summed E-state index contributed by atoms with van der Waals surface area (Å²) in [6.07, 6.45) is -0.687. The number of ether oxygens (including phenoxy) is 1. The number of carbonyl (C=O) groups is 1. The third-order valence-corrected chi connectivity index (χ3v) is 0.951. The van der Waals surface area contributed by atoms with Gasteiger partial charge in [0.2, 0.25) is 0 Å². The van der Waals surface area contributed by atoms with E-state index >= 15 is 0 Å². The Balaban J connectivity index is 3.50. The fourth-order valence-corrected chi connectivity index (χ4v) is 0.368. The molecule has 0 aliphatic carbocycles. The van der Waals surface area contributed by atoms with E-state index in [9.17, 15) is 4.79 Å². The molecule has 0 radical (unpaired) electrons. The zero-order valence-electron chi connectivity index (χ0n) is 4.95. The molecule has 0 aromatic carbocycles. The molecular formula is C4H6ClNO2S2. The van der Waals surface area contributed by atoms with Gasteiger partial charge in [0.1, 0.15) is 6.61 Å². The molecule has 0 saturated heterocycles. The third-order valence-electron chi connectivity index (χ3n) is 0.516. The minimum absolute atomic E-state index is 0.0298. The second-order valence-corrected chi connectivity index (χ2v) is 3.01. The molecule has 0 N–H and O–H groups in total. The van der Waals surface area contributed by atoms with Gasteiger partial charge in [-0.05, 0) is 25.6 Å². The van der Waals surface area contributed by atoms with Crippen molar-refractivity contribution in [2.75, 3.05) is 6.61 Å². The van der Waals surface area contributed by atoms with Crippen LogP contribution >= 0.6 is 37.2 Å². The van der Waals surface area contributed by atoms with Gasteiger partial charge in [0.15, 0.2) is 0 Å². The van der Waals surface area contributed by atoms with Crippen molar-refractivity contribution in [3.05, 3.63) is 11.6 Å². The maximum absolute atomic E-state index is 10.5. The van der Waals surface area contributed by atoms with E-state index in [1.54, 1.807) is 0 Å². The van der Waals surface area contributed by atoms with Crippen LogP contribution in [0, 0.1) is 0 Å². The Morgan fingerprint density at radius 2 is 2.20 bits per heavy atom. The summed E-state index contributed by atoms with van der Waals surface area (Å²) in [5.41, 5.74) is 0.